The van der Waals surface area contributed by atoms with Gasteiger partial charge in [0, 0.05) is 5.56 Å². The normalized spacial score (nSPS) is 11.1. The van der Waals surface area contributed by atoms with E-state index in [0.29, 0.717) is 12.4 Å². The largest absolute Gasteiger partial charge is 0.493 e. The van der Waals surface area contributed by atoms with E-state index in [1.165, 1.54) is 0 Å². The summed E-state index contributed by atoms with van der Waals surface area (Å²) in [6.07, 6.45) is -0.187. The van der Waals surface area contributed by atoms with Crippen LogP contribution in [0.1, 0.15) is 24.5 Å². The predicted molar refractivity (Wildman–Crippen MR) is 95.3 cm³/mol. The molecule has 2 aromatic rings. The van der Waals surface area contributed by atoms with Gasteiger partial charge in [0.05, 0.1) is 23.7 Å². The third-order valence-electron chi connectivity index (χ3n) is 3.62. The molecule has 0 bridgehead atoms. The Morgan fingerprint density at radius 3 is 2.40 bits per heavy atom. The van der Waals surface area contributed by atoms with E-state index in [4.69, 9.17) is 9.47 Å². The molecule has 0 amide bonds. The Balaban J connectivity index is 1.89. The van der Waals surface area contributed by atoms with Crippen LogP contribution in [0.15, 0.2) is 53.4 Å². The van der Waals surface area contributed by atoms with Crippen LogP contribution >= 0.6 is 0 Å². The molecule has 0 heterocycles. The van der Waals surface area contributed by atoms with Crippen molar-refractivity contribution in [3.8, 4) is 5.75 Å². The molecule has 5 nitrogen and oxygen atoms in total. The van der Waals surface area contributed by atoms with Gasteiger partial charge in [0.1, 0.15) is 12.4 Å². The lowest BCUT2D eigenvalue weighted by Crippen LogP contribution is -2.14. The number of hydrogen-bond acceptors (Lipinski definition) is 5. The molecule has 25 heavy (non-hydrogen) atoms. The zero-order valence-corrected chi connectivity index (χ0v) is 15.2. The monoisotopic (exact) mass is 362 g/mol. The van der Waals surface area contributed by atoms with Gasteiger partial charge in [-0.15, -0.1) is 0 Å². The first-order valence-corrected chi connectivity index (χ1v) is 9.73. The van der Waals surface area contributed by atoms with Crippen LogP contribution in [0.4, 0.5) is 0 Å². The second kappa shape index (κ2) is 8.67. The van der Waals surface area contributed by atoms with Crippen molar-refractivity contribution in [3.63, 3.8) is 0 Å². The summed E-state index contributed by atoms with van der Waals surface area (Å²) in [5.41, 5.74) is 1.73. The fourth-order valence-corrected chi connectivity index (χ4v) is 3.45. The molecular formula is C19H22O5S. The molecule has 0 unspecified atom stereocenters. The maximum absolute atomic E-state index is 12.2. The van der Waals surface area contributed by atoms with Crippen LogP contribution in [0.2, 0.25) is 0 Å². The zero-order chi connectivity index (χ0) is 18.3. The molecule has 0 aliphatic carbocycles. The third kappa shape index (κ3) is 5.60. The van der Waals surface area contributed by atoms with E-state index in [1.807, 2.05) is 26.0 Å². The quantitative estimate of drug-likeness (QED) is 0.674. The zero-order valence-electron chi connectivity index (χ0n) is 14.4. The van der Waals surface area contributed by atoms with Crippen LogP contribution in [0, 0.1) is 6.92 Å². The summed E-state index contributed by atoms with van der Waals surface area (Å²) in [5.74, 6) is -0.172. The molecule has 0 atom stereocenters. The van der Waals surface area contributed by atoms with Crippen LogP contribution in [-0.2, 0) is 26.0 Å². The summed E-state index contributed by atoms with van der Waals surface area (Å²) < 4.78 is 35.1. The number of para-hydroxylation sites is 1. The molecule has 0 aliphatic rings. The van der Waals surface area contributed by atoms with Crippen LogP contribution in [0.3, 0.4) is 0 Å². The molecular weight excluding hydrogens is 340 g/mol. The summed E-state index contributed by atoms with van der Waals surface area (Å²) >= 11 is 0. The molecule has 2 aromatic carbocycles. The number of aryl methyl sites for hydroxylation is 1. The highest BCUT2D eigenvalue weighted by Gasteiger charge is 2.17. The highest BCUT2D eigenvalue weighted by Crippen LogP contribution is 2.19. The second-order valence-electron chi connectivity index (χ2n) is 5.58. The number of hydrogen-bond donors (Lipinski definition) is 0. The molecule has 2 rings (SSSR count). The minimum Gasteiger partial charge on any atom is -0.493 e. The minimum absolute atomic E-state index is 0.0551. The summed E-state index contributed by atoms with van der Waals surface area (Å²) in [4.78, 5) is 12.1. The van der Waals surface area contributed by atoms with Gasteiger partial charge >= 0.3 is 5.97 Å². The van der Waals surface area contributed by atoms with Crippen molar-refractivity contribution >= 4 is 15.8 Å². The number of esters is 1. The number of rotatable bonds is 8. The fourth-order valence-electron chi connectivity index (χ4n) is 2.23. The Morgan fingerprint density at radius 2 is 1.72 bits per heavy atom. The molecule has 0 saturated heterocycles. The van der Waals surface area contributed by atoms with Gasteiger partial charge in [-0.25, -0.2) is 8.42 Å². The van der Waals surface area contributed by atoms with Gasteiger partial charge in [-0.1, -0.05) is 35.9 Å². The number of ether oxygens (including phenoxy) is 2. The second-order valence-corrected chi connectivity index (χ2v) is 7.69. The van der Waals surface area contributed by atoms with Crippen molar-refractivity contribution in [2.75, 3.05) is 12.4 Å². The van der Waals surface area contributed by atoms with E-state index in [9.17, 15) is 13.2 Å². The highest BCUT2D eigenvalue weighted by molar-refractivity contribution is 7.91. The van der Waals surface area contributed by atoms with Gasteiger partial charge in [0.25, 0.3) is 0 Å². The Morgan fingerprint density at radius 1 is 1.04 bits per heavy atom. The van der Waals surface area contributed by atoms with Gasteiger partial charge < -0.3 is 9.47 Å². The van der Waals surface area contributed by atoms with Gasteiger partial charge in [0.2, 0.25) is 0 Å². The number of sulfone groups is 1. The fraction of sp³-hybridized carbons (Fsp3) is 0.316. The van der Waals surface area contributed by atoms with E-state index >= 15 is 0 Å². The molecule has 0 N–H and O–H groups in total. The Labute approximate surface area is 148 Å². The molecule has 0 aromatic heterocycles. The lowest BCUT2D eigenvalue weighted by Gasteiger charge is -2.10. The first-order valence-electron chi connectivity index (χ1n) is 8.08. The lowest BCUT2D eigenvalue weighted by molar-refractivity contribution is -0.144. The molecule has 0 saturated carbocycles. The summed E-state index contributed by atoms with van der Waals surface area (Å²) in [5, 5.41) is 0. The van der Waals surface area contributed by atoms with Crippen molar-refractivity contribution in [3.05, 3.63) is 59.7 Å². The van der Waals surface area contributed by atoms with Gasteiger partial charge in [0.15, 0.2) is 9.84 Å². The van der Waals surface area contributed by atoms with Crippen LogP contribution in [0.5, 0.6) is 5.75 Å². The molecule has 0 spiro atoms. The maximum Gasteiger partial charge on any atom is 0.307 e. The van der Waals surface area contributed by atoms with Crippen molar-refractivity contribution < 1.29 is 22.7 Å². The van der Waals surface area contributed by atoms with Gasteiger partial charge in [-0.2, -0.15) is 0 Å². The van der Waals surface area contributed by atoms with Crippen molar-refractivity contribution in [2.24, 2.45) is 0 Å². The van der Waals surface area contributed by atoms with Crippen molar-refractivity contribution in [2.45, 2.75) is 31.8 Å². The molecule has 0 radical (unpaired) electrons. The number of benzene rings is 2. The van der Waals surface area contributed by atoms with E-state index in [0.717, 1.165) is 11.1 Å². The molecule has 6 heteroatoms. The van der Waals surface area contributed by atoms with Crippen molar-refractivity contribution in [1.29, 1.82) is 0 Å². The van der Waals surface area contributed by atoms with Gasteiger partial charge in [-0.05, 0) is 32.0 Å². The highest BCUT2D eigenvalue weighted by atomic mass is 32.2. The smallest absolute Gasteiger partial charge is 0.307 e. The number of carbonyl (C=O) groups is 1. The summed E-state index contributed by atoms with van der Waals surface area (Å²) in [6, 6.07) is 13.8. The first kappa shape index (κ1) is 19.0. The van der Waals surface area contributed by atoms with E-state index in [-0.39, 0.29) is 23.7 Å². The molecule has 134 valence electrons. The first-order chi connectivity index (χ1) is 11.9. The lowest BCUT2D eigenvalue weighted by atomic mass is 10.2. The summed E-state index contributed by atoms with van der Waals surface area (Å²) in [6.45, 7) is 4.33. The molecule has 0 fully saturated rings. The standard InChI is InChI=1S/C19H22O5S/c1-3-23-18-7-5-4-6-16(18)14-24-19(20)12-13-25(21,22)17-10-8-15(2)9-11-17/h4-11H,3,12-14H2,1-2H3. The minimum atomic E-state index is -3.50. The summed E-state index contributed by atoms with van der Waals surface area (Å²) in [7, 11) is -3.50. The predicted octanol–water partition coefficient (Wildman–Crippen LogP) is 3.30. The van der Waals surface area contributed by atoms with Crippen LogP contribution in [0.25, 0.3) is 0 Å². The van der Waals surface area contributed by atoms with Crippen LogP contribution < -0.4 is 4.74 Å². The Hall–Kier alpha value is -2.34. The Bertz CT molecular complexity index is 810. The maximum atomic E-state index is 12.2. The van der Waals surface area contributed by atoms with Crippen LogP contribution in [-0.4, -0.2) is 26.7 Å². The average molecular weight is 362 g/mol. The topological polar surface area (TPSA) is 69.7 Å². The van der Waals surface area contributed by atoms with Crippen molar-refractivity contribution in [1.82, 2.24) is 0 Å². The third-order valence-corrected chi connectivity index (χ3v) is 5.35. The number of carbonyl (C=O) groups excluding carboxylic acids is 1. The Kier molecular flexibility index (Phi) is 6.58. The van der Waals surface area contributed by atoms with E-state index < -0.39 is 15.8 Å². The molecule has 0 aliphatic heterocycles. The van der Waals surface area contributed by atoms with Gasteiger partial charge in [-0.3, -0.25) is 4.79 Å². The average Bonchev–Trinajstić information content (AvgIpc) is 2.60. The van der Waals surface area contributed by atoms with E-state index in [1.54, 1.807) is 36.4 Å². The van der Waals surface area contributed by atoms with E-state index in [2.05, 4.69) is 0 Å². The SMILES string of the molecule is CCOc1ccccc1COC(=O)CCS(=O)(=O)c1ccc(C)cc1.